The van der Waals surface area contributed by atoms with E-state index in [-0.39, 0.29) is 12.4 Å². The zero-order valence-electron chi connectivity index (χ0n) is 10.9. The normalized spacial score (nSPS) is 12.2. The van der Waals surface area contributed by atoms with Crippen molar-refractivity contribution in [3.05, 3.63) is 46.6 Å². The number of rotatable bonds is 4. The Morgan fingerprint density at radius 3 is 2.90 bits per heavy atom. The Morgan fingerprint density at radius 1 is 1.33 bits per heavy atom. The molecule has 0 atom stereocenters. The third-order valence-corrected chi connectivity index (χ3v) is 3.31. The minimum Gasteiger partial charge on any atom is -0.454 e. The number of carbonyl (C=O) groups is 1. The molecule has 21 heavy (non-hydrogen) atoms. The van der Waals surface area contributed by atoms with E-state index in [0.29, 0.717) is 17.4 Å². The fourth-order valence-corrected chi connectivity index (χ4v) is 2.17. The van der Waals surface area contributed by atoms with Gasteiger partial charge in [-0.2, -0.15) is 0 Å². The number of fused-ring (bicyclic) bond motifs is 1. The summed E-state index contributed by atoms with van der Waals surface area (Å²) in [5.74, 6) is 1.38. The zero-order chi connectivity index (χ0) is 14.8. The van der Waals surface area contributed by atoms with Gasteiger partial charge in [0.1, 0.15) is 5.82 Å². The maximum absolute atomic E-state index is 11.0. The summed E-state index contributed by atoms with van der Waals surface area (Å²) in [4.78, 5) is 15.1. The molecule has 0 bridgehead atoms. The van der Waals surface area contributed by atoms with Gasteiger partial charge in [-0.1, -0.05) is 17.7 Å². The van der Waals surface area contributed by atoms with Crippen molar-refractivity contribution < 1.29 is 14.3 Å². The van der Waals surface area contributed by atoms with Crippen LogP contribution in [0.5, 0.6) is 11.5 Å². The number of nitrogens with one attached hydrogen (secondary N) is 1. The van der Waals surface area contributed by atoms with E-state index in [1.54, 1.807) is 0 Å². The Hall–Kier alpha value is -2.47. The van der Waals surface area contributed by atoms with E-state index in [1.165, 1.54) is 12.3 Å². The highest BCUT2D eigenvalue weighted by Crippen LogP contribution is 2.32. The van der Waals surface area contributed by atoms with Gasteiger partial charge in [0.2, 0.25) is 12.7 Å². The van der Waals surface area contributed by atoms with E-state index < -0.39 is 5.91 Å². The van der Waals surface area contributed by atoms with Crippen molar-refractivity contribution in [2.75, 3.05) is 12.1 Å². The number of pyridine rings is 1. The number of amides is 1. The summed E-state index contributed by atoms with van der Waals surface area (Å²) in [5.41, 5.74) is 6.43. The molecule has 1 aliphatic heterocycles. The lowest BCUT2D eigenvalue weighted by molar-refractivity contribution is 0.1000. The standard InChI is InChI=1S/C14H12ClN3O3/c15-10-4-9(13(16)19)6-18-14(10)17-5-8-1-2-11-12(3-8)21-7-20-11/h1-4,6H,5,7H2,(H2,16,19)(H,17,18). The van der Waals surface area contributed by atoms with Crippen LogP contribution in [-0.2, 0) is 6.54 Å². The van der Waals surface area contributed by atoms with Crippen LogP contribution in [0.2, 0.25) is 5.02 Å². The Kier molecular flexibility index (Phi) is 3.53. The highest BCUT2D eigenvalue weighted by molar-refractivity contribution is 6.33. The third kappa shape index (κ3) is 2.85. The molecule has 3 rings (SSSR count). The molecule has 0 saturated heterocycles. The summed E-state index contributed by atoms with van der Waals surface area (Å²) in [6, 6.07) is 7.15. The van der Waals surface area contributed by atoms with E-state index in [0.717, 1.165) is 17.1 Å². The SMILES string of the molecule is NC(=O)c1cnc(NCc2ccc3c(c2)OCO3)c(Cl)c1. The van der Waals surface area contributed by atoms with Gasteiger partial charge in [0.15, 0.2) is 11.5 Å². The first-order chi connectivity index (χ1) is 10.1. The summed E-state index contributed by atoms with van der Waals surface area (Å²) in [6.07, 6.45) is 1.39. The van der Waals surface area contributed by atoms with Gasteiger partial charge in [-0.3, -0.25) is 4.79 Å². The Bertz CT molecular complexity index is 706. The van der Waals surface area contributed by atoms with Crippen molar-refractivity contribution in [1.29, 1.82) is 0 Å². The molecule has 2 aromatic rings. The molecule has 1 aliphatic rings. The molecule has 3 N–H and O–H groups in total. The summed E-state index contributed by atoms with van der Waals surface area (Å²) >= 11 is 6.06. The van der Waals surface area contributed by atoms with Crippen LogP contribution in [-0.4, -0.2) is 17.7 Å². The Morgan fingerprint density at radius 2 is 2.14 bits per heavy atom. The van der Waals surface area contributed by atoms with Gasteiger partial charge in [-0.25, -0.2) is 4.98 Å². The lowest BCUT2D eigenvalue weighted by atomic mass is 10.2. The summed E-state index contributed by atoms with van der Waals surface area (Å²) in [6.45, 7) is 0.757. The summed E-state index contributed by atoms with van der Waals surface area (Å²) in [7, 11) is 0. The molecule has 1 aromatic heterocycles. The predicted molar refractivity (Wildman–Crippen MR) is 77.7 cm³/mol. The summed E-state index contributed by atoms with van der Waals surface area (Å²) in [5, 5.41) is 3.43. The quantitative estimate of drug-likeness (QED) is 0.904. The number of hydrogen-bond acceptors (Lipinski definition) is 5. The number of primary amides is 1. The molecule has 6 nitrogen and oxygen atoms in total. The van der Waals surface area contributed by atoms with Crippen molar-refractivity contribution in [2.24, 2.45) is 5.73 Å². The van der Waals surface area contributed by atoms with Gasteiger partial charge in [0.25, 0.3) is 0 Å². The van der Waals surface area contributed by atoms with Gasteiger partial charge in [0, 0.05) is 12.7 Å². The minimum atomic E-state index is -0.563. The highest BCUT2D eigenvalue weighted by atomic mass is 35.5. The topological polar surface area (TPSA) is 86.5 Å². The van der Waals surface area contributed by atoms with E-state index in [9.17, 15) is 4.79 Å². The van der Waals surface area contributed by atoms with Crippen LogP contribution in [0.1, 0.15) is 15.9 Å². The average Bonchev–Trinajstić information content (AvgIpc) is 2.93. The number of nitrogens with zero attached hydrogens (tertiary/aromatic N) is 1. The van der Waals surface area contributed by atoms with Crippen LogP contribution in [0, 0.1) is 0 Å². The molecule has 2 heterocycles. The second-order valence-electron chi connectivity index (χ2n) is 4.46. The van der Waals surface area contributed by atoms with Crippen LogP contribution in [0.25, 0.3) is 0 Å². The van der Waals surface area contributed by atoms with E-state index >= 15 is 0 Å². The molecule has 1 amide bonds. The highest BCUT2D eigenvalue weighted by Gasteiger charge is 2.13. The molecule has 0 spiro atoms. The number of nitrogens with two attached hydrogens (primary N) is 1. The number of carbonyl (C=O) groups excluding carboxylic acids is 1. The van der Waals surface area contributed by atoms with Crippen molar-refractivity contribution in [1.82, 2.24) is 4.98 Å². The number of anilines is 1. The molecule has 1 aromatic carbocycles. The monoisotopic (exact) mass is 305 g/mol. The van der Waals surface area contributed by atoms with Crippen LogP contribution in [0.15, 0.2) is 30.5 Å². The second-order valence-corrected chi connectivity index (χ2v) is 4.87. The number of halogens is 1. The maximum atomic E-state index is 11.0. The van der Waals surface area contributed by atoms with E-state index in [2.05, 4.69) is 10.3 Å². The fourth-order valence-electron chi connectivity index (χ4n) is 1.94. The van der Waals surface area contributed by atoms with Crippen LogP contribution < -0.4 is 20.5 Å². The molecule has 0 fully saturated rings. The molecule has 0 saturated carbocycles. The van der Waals surface area contributed by atoms with Gasteiger partial charge >= 0.3 is 0 Å². The molecule has 7 heteroatoms. The molecular formula is C14H12ClN3O3. The lowest BCUT2D eigenvalue weighted by Crippen LogP contribution is -2.12. The van der Waals surface area contributed by atoms with Gasteiger partial charge in [0.05, 0.1) is 10.6 Å². The summed E-state index contributed by atoms with van der Waals surface area (Å²) < 4.78 is 10.6. The number of ether oxygens (including phenoxy) is 2. The van der Waals surface area contributed by atoms with Gasteiger partial charge < -0.3 is 20.5 Å². The number of aromatic nitrogens is 1. The first kappa shape index (κ1) is 13.5. The Balaban J connectivity index is 1.71. The first-order valence-electron chi connectivity index (χ1n) is 6.21. The van der Waals surface area contributed by atoms with Crippen LogP contribution >= 0.6 is 11.6 Å². The fraction of sp³-hybridized carbons (Fsp3) is 0.143. The predicted octanol–water partition coefficient (Wildman–Crippen LogP) is 2.17. The van der Waals surface area contributed by atoms with Crippen molar-refractivity contribution in [2.45, 2.75) is 6.54 Å². The second kappa shape index (κ2) is 5.49. The average molecular weight is 306 g/mol. The van der Waals surface area contributed by atoms with Crippen LogP contribution in [0.3, 0.4) is 0 Å². The van der Waals surface area contributed by atoms with Crippen molar-refractivity contribution >= 4 is 23.3 Å². The first-order valence-corrected chi connectivity index (χ1v) is 6.59. The molecule has 108 valence electrons. The molecule has 0 radical (unpaired) electrons. The maximum Gasteiger partial charge on any atom is 0.250 e. The molecular weight excluding hydrogens is 294 g/mol. The number of benzene rings is 1. The minimum absolute atomic E-state index is 0.244. The van der Waals surface area contributed by atoms with E-state index in [1.807, 2.05) is 18.2 Å². The van der Waals surface area contributed by atoms with E-state index in [4.69, 9.17) is 26.8 Å². The molecule has 0 aliphatic carbocycles. The van der Waals surface area contributed by atoms with Crippen LogP contribution in [0.4, 0.5) is 5.82 Å². The Labute approximate surface area is 125 Å². The third-order valence-electron chi connectivity index (χ3n) is 3.02. The molecule has 0 unspecified atom stereocenters. The lowest BCUT2D eigenvalue weighted by Gasteiger charge is -2.08. The van der Waals surface area contributed by atoms with Gasteiger partial charge in [-0.05, 0) is 23.8 Å². The van der Waals surface area contributed by atoms with Crippen molar-refractivity contribution in [3.8, 4) is 11.5 Å². The zero-order valence-corrected chi connectivity index (χ0v) is 11.7. The van der Waals surface area contributed by atoms with Gasteiger partial charge in [-0.15, -0.1) is 0 Å². The largest absolute Gasteiger partial charge is 0.454 e. The smallest absolute Gasteiger partial charge is 0.250 e. The van der Waals surface area contributed by atoms with Crippen molar-refractivity contribution in [3.63, 3.8) is 0 Å². The number of hydrogen-bond donors (Lipinski definition) is 2.